The van der Waals surface area contributed by atoms with Gasteiger partial charge in [0.1, 0.15) is 12.1 Å². The third-order valence-electron chi connectivity index (χ3n) is 10.8. The lowest BCUT2D eigenvalue weighted by atomic mass is 9.89. The van der Waals surface area contributed by atoms with Crippen molar-refractivity contribution in [3.63, 3.8) is 0 Å². The second-order valence-electron chi connectivity index (χ2n) is 15.6. The standard InChI is InChI=1S/C40H67N5O8/c1-13-26(6)35(44(10)39(49)33(24(2)3)42-38(48)34(25(4)5)43(8)9)31(52-11)23-32(46)45-21-17-20-30(45)36(53-12)27(7)37(47)41-29(40(50)51)22-28-18-15-14-16-19-28/h14-16,18-19,24-27,29-31,33-36H,13,17,20-23H2,1-12H3,(H,41,47)(H,42,48)(H,50,51)/t26-,27+,29-,30?,31+,33?,34?,35-,36+/m0/s1. The van der Waals surface area contributed by atoms with E-state index in [0.29, 0.717) is 19.4 Å². The summed E-state index contributed by atoms with van der Waals surface area (Å²) in [6, 6.07) is 5.89. The van der Waals surface area contributed by atoms with Crippen LogP contribution in [-0.2, 0) is 39.9 Å². The molecular weight excluding hydrogens is 678 g/mol. The van der Waals surface area contributed by atoms with Crippen LogP contribution >= 0.6 is 0 Å². The van der Waals surface area contributed by atoms with Crippen molar-refractivity contribution in [1.29, 1.82) is 0 Å². The first-order valence-electron chi connectivity index (χ1n) is 19.1. The average molecular weight is 746 g/mol. The highest BCUT2D eigenvalue weighted by molar-refractivity contribution is 5.90. The lowest BCUT2D eigenvalue weighted by molar-refractivity contribution is -0.148. The Labute approximate surface area is 317 Å². The summed E-state index contributed by atoms with van der Waals surface area (Å²) in [5, 5.41) is 15.6. The van der Waals surface area contributed by atoms with Crippen LogP contribution < -0.4 is 10.6 Å². The van der Waals surface area contributed by atoms with Gasteiger partial charge >= 0.3 is 5.97 Å². The number of benzene rings is 1. The predicted molar refractivity (Wildman–Crippen MR) is 205 cm³/mol. The topological polar surface area (TPSA) is 158 Å². The van der Waals surface area contributed by atoms with Crippen LogP contribution in [0.3, 0.4) is 0 Å². The molecule has 0 aliphatic carbocycles. The number of carboxylic acid groups (broad SMARTS) is 1. The van der Waals surface area contributed by atoms with Crippen molar-refractivity contribution in [3.8, 4) is 0 Å². The molecule has 4 amide bonds. The van der Waals surface area contributed by atoms with Gasteiger partial charge in [0.2, 0.25) is 23.6 Å². The Hall–Kier alpha value is -3.55. The van der Waals surface area contributed by atoms with Crippen LogP contribution in [0.4, 0.5) is 0 Å². The number of methoxy groups -OCH3 is 2. The van der Waals surface area contributed by atoms with Crippen LogP contribution in [0.5, 0.6) is 0 Å². The molecule has 3 unspecified atom stereocenters. The lowest BCUT2D eigenvalue weighted by Gasteiger charge is -2.41. The highest BCUT2D eigenvalue weighted by Crippen LogP contribution is 2.30. The van der Waals surface area contributed by atoms with E-state index in [0.717, 1.165) is 12.0 Å². The molecule has 0 spiro atoms. The smallest absolute Gasteiger partial charge is 0.326 e. The third-order valence-corrected chi connectivity index (χ3v) is 10.8. The molecule has 1 aliphatic heterocycles. The molecule has 13 heteroatoms. The molecule has 0 radical (unpaired) electrons. The monoisotopic (exact) mass is 745 g/mol. The summed E-state index contributed by atoms with van der Waals surface area (Å²) in [7, 11) is 8.44. The number of carbonyl (C=O) groups excluding carboxylic acids is 4. The van der Waals surface area contributed by atoms with Crippen LogP contribution in [0.1, 0.15) is 79.7 Å². The first-order chi connectivity index (χ1) is 24.9. The third kappa shape index (κ3) is 12.2. The Balaban J connectivity index is 2.27. The van der Waals surface area contributed by atoms with Gasteiger partial charge in [-0.25, -0.2) is 4.79 Å². The maximum atomic E-state index is 14.2. The fourth-order valence-electron chi connectivity index (χ4n) is 7.76. The number of rotatable bonds is 21. The highest BCUT2D eigenvalue weighted by Gasteiger charge is 2.43. The van der Waals surface area contributed by atoms with Crippen LogP contribution in [0, 0.1) is 23.7 Å². The Morgan fingerprint density at radius 3 is 2.02 bits per heavy atom. The van der Waals surface area contributed by atoms with E-state index in [4.69, 9.17) is 9.47 Å². The molecule has 1 aromatic rings. The van der Waals surface area contributed by atoms with Gasteiger partial charge in [0.15, 0.2) is 0 Å². The molecule has 1 heterocycles. The maximum Gasteiger partial charge on any atom is 0.326 e. The Morgan fingerprint density at radius 2 is 1.53 bits per heavy atom. The number of carboxylic acids is 1. The fraction of sp³-hybridized carbons (Fsp3) is 0.725. The van der Waals surface area contributed by atoms with E-state index in [9.17, 15) is 29.1 Å². The summed E-state index contributed by atoms with van der Waals surface area (Å²) in [5.74, 6) is -3.21. The van der Waals surface area contributed by atoms with Gasteiger partial charge in [0.05, 0.1) is 42.7 Å². The van der Waals surface area contributed by atoms with Crippen LogP contribution in [0.2, 0.25) is 0 Å². The van der Waals surface area contributed by atoms with Gasteiger partial charge in [0, 0.05) is 34.2 Å². The molecule has 0 bridgehead atoms. The number of aliphatic carboxylic acids is 1. The normalized spacial score (nSPS) is 19.2. The minimum absolute atomic E-state index is 0.0104. The van der Waals surface area contributed by atoms with E-state index in [1.165, 1.54) is 14.2 Å². The predicted octanol–water partition coefficient (Wildman–Crippen LogP) is 3.45. The molecule has 1 aliphatic rings. The van der Waals surface area contributed by atoms with Crippen molar-refractivity contribution >= 4 is 29.6 Å². The van der Waals surface area contributed by atoms with Gasteiger partial charge in [-0.05, 0) is 50.3 Å². The van der Waals surface area contributed by atoms with E-state index < -0.39 is 60.2 Å². The maximum absolute atomic E-state index is 14.2. The first kappa shape index (κ1) is 45.6. The first-order valence-corrected chi connectivity index (χ1v) is 19.1. The number of amides is 4. The largest absolute Gasteiger partial charge is 0.480 e. The zero-order valence-electron chi connectivity index (χ0n) is 34.1. The summed E-state index contributed by atoms with van der Waals surface area (Å²) in [6.07, 6.45) is 0.820. The zero-order chi connectivity index (χ0) is 40.2. The van der Waals surface area contributed by atoms with Crippen LogP contribution in [0.15, 0.2) is 30.3 Å². The summed E-state index contributed by atoms with van der Waals surface area (Å²) in [6.45, 7) is 13.9. The van der Waals surface area contributed by atoms with E-state index in [1.54, 1.807) is 23.8 Å². The van der Waals surface area contributed by atoms with Gasteiger partial charge < -0.3 is 35.0 Å². The summed E-state index contributed by atoms with van der Waals surface area (Å²) >= 11 is 0. The number of nitrogens with zero attached hydrogens (tertiary/aromatic N) is 3. The number of nitrogens with one attached hydrogen (secondary N) is 2. The summed E-state index contributed by atoms with van der Waals surface area (Å²) in [5.41, 5.74) is 0.785. The second-order valence-corrected chi connectivity index (χ2v) is 15.6. The van der Waals surface area contributed by atoms with Gasteiger partial charge in [0.25, 0.3) is 0 Å². The highest BCUT2D eigenvalue weighted by atomic mass is 16.5. The molecule has 53 heavy (non-hydrogen) atoms. The fourth-order valence-corrected chi connectivity index (χ4v) is 7.76. The Kier molecular flexibility index (Phi) is 18.4. The molecule has 0 aromatic heterocycles. The van der Waals surface area contributed by atoms with Gasteiger partial charge in [-0.15, -0.1) is 0 Å². The second kappa shape index (κ2) is 21.4. The number of ether oxygens (including phenoxy) is 2. The molecule has 3 N–H and O–H groups in total. The Bertz CT molecular complexity index is 1330. The van der Waals surface area contributed by atoms with Crippen molar-refractivity contribution in [2.45, 2.75) is 123 Å². The van der Waals surface area contributed by atoms with Crippen LogP contribution in [0.25, 0.3) is 0 Å². The summed E-state index contributed by atoms with van der Waals surface area (Å²) < 4.78 is 11.9. The minimum Gasteiger partial charge on any atom is -0.480 e. The molecule has 2 rings (SSSR count). The molecule has 300 valence electrons. The van der Waals surface area contributed by atoms with E-state index in [-0.39, 0.29) is 48.3 Å². The molecule has 13 nitrogen and oxygen atoms in total. The van der Waals surface area contributed by atoms with Gasteiger partial charge in [-0.1, -0.05) is 85.2 Å². The molecule has 9 atom stereocenters. The molecule has 1 fully saturated rings. The molecular formula is C40H67N5O8. The number of hydrogen-bond acceptors (Lipinski definition) is 8. The minimum atomic E-state index is -1.14. The van der Waals surface area contributed by atoms with Crippen molar-refractivity contribution in [2.24, 2.45) is 23.7 Å². The average Bonchev–Trinajstić information content (AvgIpc) is 3.59. The van der Waals surface area contributed by atoms with E-state index in [2.05, 4.69) is 10.6 Å². The van der Waals surface area contributed by atoms with Crippen molar-refractivity contribution < 1.29 is 38.6 Å². The lowest BCUT2D eigenvalue weighted by Crippen LogP contribution is -2.59. The summed E-state index contributed by atoms with van der Waals surface area (Å²) in [4.78, 5) is 72.5. The Morgan fingerprint density at radius 1 is 0.906 bits per heavy atom. The van der Waals surface area contributed by atoms with Crippen molar-refractivity contribution in [1.82, 2.24) is 25.3 Å². The van der Waals surface area contributed by atoms with Crippen molar-refractivity contribution in [2.75, 3.05) is 41.9 Å². The molecule has 0 saturated carbocycles. The number of hydrogen-bond donors (Lipinski definition) is 3. The number of carbonyl (C=O) groups is 5. The molecule has 1 aromatic carbocycles. The molecule has 1 saturated heterocycles. The quantitative estimate of drug-likeness (QED) is 0.172. The number of likely N-dealkylation sites (N-methyl/N-ethyl adjacent to an activating group) is 2. The SMILES string of the molecule is CC[C@H](C)[C@@H]([C@@H](CC(=O)N1CCCC1[C@H](OC)[C@@H](C)C(=O)N[C@@H](Cc1ccccc1)C(=O)O)OC)N(C)C(=O)C(NC(=O)C(C(C)C)N(C)C)C(C)C. The van der Waals surface area contributed by atoms with Crippen LogP contribution in [-0.4, -0.2) is 134 Å². The van der Waals surface area contributed by atoms with Gasteiger partial charge in [-0.3, -0.25) is 24.1 Å². The zero-order valence-corrected chi connectivity index (χ0v) is 34.1. The van der Waals surface area contributed by atoms with E-state index in [1.807, 2.05) is 90.9 Å². The van der Waals surface area contributed by atoms with E-state index >= 15 is 0 Å². The van der Waals surface area contributed by atoms with Gasteiger partial charge in [-0.2, -0.15) is 0 Å². The number of likely N-dealkylation sites (tertiary alicyclic amines) is 1. The van der Waals surface area contributed by atoms with Crippen molar-refractivity contribution in [3.05, 3.63) is 35.9 Å².